The number of rotatable bonds is 8. The predicted molar refractivity (Wildman–Crippen MR) is 82.6 cm³/mol. The molecule has 0 fully saturated rings. The summed E-state index contributed by atoms with van der Waals surface area (Å²) in [6.07, 6.45) is 2.15. The third-order valence-electron chi connectivity index (χ3n) is 2.72. The Balaban J connectivity index is 2.47. The average molecular weight is 287 g/mol. The lowest BCUT2D eigenvalue weighted by Crippen LogP contribution is -2.26. The Morgan fingerprint density at radius 1 is 1.48 bits per heavy atom. The highest BCUT2D eigenvalue weighted by atomic mass is 16.5. The van der Waals surface area contributed by atoms with Gasteiger partial charge in [-0.2, -0.15) is 5.26 Å². The van der Waals surface area contributed by atoms with Gasteiger partial charge in [0.1, 0.15) is 11.6 Å². The molecule has 5 nitrogen and oxygen atoms in total. The van der Waals surface area contributed by atoms with Crippen LogP contribution in [0, 0.1) is 18.3 Å². The Morgan fingerprint density at radius 2 is 2.29 bits per heavy atom. The Kier molecular flexibility index (Phi) is 7.62. The quantitative estimate of drug-likeness (QED) is 0.437. The Morgan fingerprint density at radius 3 is 2.95 bits per heavy atom. The molecule has 5 heteroatoms. The first kappa shape index (κ1) is 16.7. The van der Waals surface area contributed by atoms with Crippen molar-refractivity contribution >= 4 is 11.6 Å². The molecule has 0 spiro atoms. The highest BCUT2D eigenvalue weighted by Gasteiger charge is 2.07. The summed E-state index contributed by atoms with van der Waals surface area (Å²) in [7, 11) is 0. The largest absolute Gasteiger partial charge is 0.382 e. The first-order valence-corrected chi connectivity index (χ1v) is 6.96. The minimum Gasteiger partial charge on any atom is -0.382 e. The van der Waals surface area contributed by atoms with Gasteiger partial charge in [0.2, 0.25) is 0 Å². The Hall–Kier alpha value is -2.32. The number of nitriles is 1. The fraction of sp³-hybridized carbons (Fsp3) is 0.375. The van der Waals surface area contributed by atoms with Crippen LogP contribution < -0.4 is 10.6 Å². The van der Waals surface area contributed by atoms with Crippen molar-refractivity contribution in [3.05, 3.63) is 41.6 Å². The molecule has 0 atom stereocenters. The van der Waals surface area contributed by atoms with Crippen molar-refractivity contribution in [2.45, 2.75) is 20.3 Å². The topological polar surface area (TPSA) is 74.1 Å². The first-order valence-electron chi connectivity index (χ1n) is 6.96. The molecule has 0 unspecified atom stereocenters. The molecule has 0 saturated heterocycles. The molecule has 0 aromatic heterocycles. The SMILES string of the molecule is CCOCCCNC(=O)/C(C#N)=C\Nc1cccc(C)c1. The van der Waals surface area contributed by atoms with Crippen LogP contribution in [0.2, 0.25) is 0 Å². The maximum atomic E-state index is 11.8. The second-order valence-electron chi connectivity index (χ2n) is 4.49. The smallest absolute Gasteiger partial charge is 0.263 e. The van der Waals surface area contributed by atoms with Crippen LogP contribution in [-0.4, -0.2) is 25.7 Å². The van der Waals surface area contributed by atoms with Gasteiger partial charge in [-0.25, -0.2) is 0 Å². The summed E-state index contributed by atoms with van der Waals surface area (Å²) < 4.78 is 5.18. The van der Waals surface area contributed by atoms with E-state index in [1.54, 1.807) is 0 Å². The van der Waals surface area contributed by atoms with E-state index in [0.29, 0.717) is 19.8 Å². The number of ether oxygens (including phenoxy) is 1. The number of aryl methyl sites for hydroxylation is 1. The molecule has 1 rings (SSSR count). The molecule has 1 aromatic rings. The van der Waals surface area contributed by atoms with E-state index in [2.05, 4.69) is 10.6 Å². The van der Waals surface area contributed by atoms with E-state index in [1.165, 1.54) is 6.20 Å². The van der Waals surface area contributed by atoms with E-state index >= 15 is 0 Å². The van der Waals surface area contributed by atoms with Crippen molar-refractivity contribution in [2.75, 3.05) is 25.1 Å². The van der Waals surface area contributed by atoms with E-state index in [0.717, 1.165) is 17.7 Å². The predicted octanol–water partition coefficient (Wildman–Crippen LogP) is 2.36. The maximum absolute atomic E-state index is 11.8. The van der Waals surface area contributed by atoms with Crippen molar-refractivity contribution in [1.82, 2.24) is 5.32 Å². The van der Waals surface area contributed by atoms with Crippen molar-refractivity contribution in [1.29, 1.82) is 5.26 Å². The number of amides is 1. The lowest BCUT2D eigenvalue weighted by Gasteiger charge is -2.05. The second kappa shape index (κ2) is 9.56. The third kappa shape index (κ3) is 6.59. The average Bonchev–Trinajstić information content (AvgIpc) is 2.48. The third-order valence-corrected chi connectivity index (χ3v) is 2.72. The zero-order valence-corrected chi connectivity index (χ0v) is 12.5. The number of nitrogens with zero attached hydrogens (tertiary/aromatic N) is 1. The summed E-state index contributed by atoms with van der Waals surface area (Å²) in [5.74, 6) is -0.380. The van der Waals surface area contributed by atoms with Crippen LogP contribution in [0.25, 0.3) is 0 Å². The van der Waals surface area contributed by atoms with Gasteiger partial charge in [-0.1, -0.05) is 12.1 Å². The maximum Gasteiger partial charge on any atom is 0.263 e. The van der Waals surface area contributed by atoms with Crippen molar-refractivity contribution in [2.24, 2.45) is 0 Å². The van der Waals surface area contributed by atoms with E-state index < -0.39 is 0 Å². The van der Waals surface area contributed by atoms with Gasteiger partial charge in [0.15, 0.2) is 0 Å². The van der Waals surface area contributed by atoms with E-state index in [-0.39, 0.29) is 11.5 Å². The van der Waals surface area contributed by atoms with Crippen LogP contribution in [0.15, 0.2) is 36.0 Å². The van der Waals surface area contributed by atoms with Gasteiger partial charge in [-0.3, -0.25) is 4.79 Å². The molecule has 1 amide bonds. The van der Waals surface area contributed by atoms with Crippen LogP contribution in [0.4, 0.5) is 5.69 Å². The zero-order chi connectivity index (χ0) is 15.5. The lowest BCUT2D eigenvalue weighted by atomic mass is 10.2. The molecule has 1 aromatic carbocycles. The molecule has 0 radical (unpaired) electrons. The molecule has 112 valence electrons. The van der Waals surface area contributed by atoms with E-state index in [4.69, 9.17) is 10.00 Å². The van der Waals surface area contributed by atoms with Crippen LogP contribution >= 0.6 is 0 Å². The summed E-state index contributed by atoms with van der Waals surface area (Å²) in [5.41, 5.74) is 1.99. The number of nitrogens with one attached hydrogen (secondary N) is 2. The standard InChI is InChI=1S/C16H21N3O2/c1-3-21-9-5-8-18-16(20)14(11-17)12-19-15-7-4-6-13(2)10-15/h4,6-7,10,12,19H,3,5,8-9H2,1-2H3,(H,18,20)/b14-12-. The molecule has 0 bridgehead atoms. The lowest BCUT2D eigenvalue weighted by molar-refractivity contribution is -0.117. The van der Waals surface area contributed by atoms with Gasteiger partial charge < -0.3 is 15.4 Å². The summed E-state index contributed by atoms with van der Waals surface area (Å²) in [6.45, 7) is 5.65. The molecule has 0 aliphatic heterocycles. The van der Waals surface area contributed by atoms with Crippen molar-refractivity contribution < 1.29 is 9.53 Å². The van der Waals surface area contributed by atoms with Crippen molar-refractivity contribution in [3.8, 4) is 6.07 Å². The molecule has 0 heterocycles. The fourth-order valence-electron chi connectivity index (χ4n) is 1.65. The number of benzene rings is 1. The number of carbonyl (C=O) groups excluding carboxylic acids is 1. The molecule has 2 N–H and O–H groups in total. The number of hydrogen-bond donors (Lipinski definition) is 2. The molecule has 21 heavy (non-hydrogen) atoms. The molecule has 0 saturated carbocycles. The normalized spacial score (nSPS) is 10.8. The number of hydrogen-bond acceptors (Lipinski definition) is 4. The van der Waals surface area contributed by atoms with Gasteiger partial charge in [0, 0.05) is 31.6 Å². The molecule has 0 aliphatic carbocycles. The van der Waals surface area contributed by atoms with Crippen LogP contribution in [-0.2, 0) is 9.53 Å². The summed E-state index contributed by atoms with van der Waals surface area (Å²) >= 11 is 0. The minimum absolute atomic E-state index is 0.0490. The van der Waals surface area contributed by atoms with E-state index in [1.807, 2.05) is 44.2 Å². The monoisotopic (exact) mass is 287 g/mol. The van der Waals surface area contributed by atoms with Gasteiger partial charge in [-0.15, -0.1) is 0 Å². The highest BCUT2D eigenvalue weighted by Crippen LogP contribution is 2.09. The van der Waals surface area contributed by atoms with Gasteiger partial charge in [-0.05, 0) is 38.0 Å². The second-order valence-corrected chi connectivity index (χ2v) is 4.49. The molecular formula is C16H21N3O2. The number of anilines is 1. The van der Waals surface area contributed by atoms with Gasteiger partial charge in [0.25, 0.3) is 5.91 Å². The Labute approximate surface area is 125 Å². The summed E-state index contributed by atoms with van der Waals surface area (Å²) in [4.78, 5) is 11.8. The van der Waals surface area contributed by atoms with Crippen molar-refractivity contribution in [3.63, 3.8) is 0 Å². The zero-order valence-electron chi connectivity index (χ0n) is 12.5. The minimum atomic E-state index is -0.380. The first-order chi connectivity index (χ1) is 10.2. The van der Waals surface area contributed by atoms with Crippen LogP contribution in [0.1, 0.15) is 18.9 Å². The van der Waals surface area contributed by atoms with Gasteiger partial charge >= 0.3 is 0 Å². The van der Waals surface area contributed by atoms with Crippen LogP contribution in [0.3, 0.4) is 0 Å². The summed E-state index contributed by atoms with van der Waals surface area (Å²) in [6, 6.07) is 9.59. The Bertz CT molecular complexity index is 533. The molecule has 0 aliphatic rings. The van der Waals surface area contributed by atoms with E-state index in [9.17, 15) is 4.79 Å². The molecular weight excluding hydrogens is 266 g/mol. The van der Waals surface area contributed by atoms with Crippen LogP contribution in [0.5, 0.6) is 0 Å². The summed E-state index contributed by atoms with van der Waals surface area (Å²) in [5, 5.41) is 14.7. The van der Waals surface area contributed by atoms with Gasteiger partial charge in [0.05, 0.1) is 0 Å². The fourth-order valence-corrected chi connectivity index (χ4v) is 1.65. The number of carbonyl (C=O) groups is 1. The highest BCUT2D eigenvalue weighted by molar-refractivity contribution is 5.97.